The molecule has 2 aromatic heterocycles. The Bertz CT molecular complexity index is 1050. The summed E-state index contributed by atoms with van der Waals surface area (Å²) in [5.41, 5.74) is 2.54. The maximum atomic E-state index is 12.4. The van der Waals surface area contributed by atoms with Crippen LogP contribution < -0.4 is 14.8 Å². The lowest BCUT2D eigenvalue weighted by Gasteiger charge is -2.24. The first-order valence-electron chi connectivity index (χ1n) is 8.73. The molecule has 3 heterocycles. The first kappa shape index (κ1) is 17.6. The number of fused-ring (bicyclic) bond motifs is 1. The molecular formula is C21H18N4O3. The number of nitrogens with one attached hydrogen (secondary N) is 1. The van der Waals surface area contributed by atoms with Gasteiger partial charge in [0.2, 0.25) is 5.91 Å². The van der Waals surface area contributed by atoms with Gasteiger partial charge in [-0.25, -0.2) is 4.98 Å². The van der Waals surface area contributed by atoms with E-state index in [9.17, 15) is 4.79 Å². The lowest BCUT2D eigenvalue weighted by Crippen LogP contribution is -2.25. The zero-order valence-corrected chi connectivity index (χ0v) is 15.3. The molecule has 1 atom stereocenters. The summed E-state index contributed by atoms with van der Waals surface area (Å²) in [4.78, 5) is 21.1. The van der Waals surface area contributed by atoms with Gasteiger partial charge in [0.1, 0.15) is 18.8 Å². The van der Waals surface area contributed by atoms with E-state index in [2.05, 4.69) is 21.2 Å². The fourth-order valence-corrected chi connectivity index (χ4v) is 3.31. The number of benzene rings is 1. The van der Waals surface area contributed by atoms with Gasteiger partial charge in [-0.3, -0.25) is 14.3 Å². The van der Waals surface area contributed by atoms with Gasteiger partial charge in [-0.1, -0.05) is 12.0 Å². The van der Waals surface area contributed by atoms with Crippen molar-refractivity contribution in [2.45, 2.75) is 12.3 Å². The van der Waals surface area contributed by atoms with Crippen LogP contribution in [0.2, 0.25) is 0 Å². The molecule has 7 nitrogen and oxygen atoms in total. The van der Waals surface area contributed by atoms with Crippen LogP contribution in [-0.4, -0.2) is 34.2 Å². The predicted octanol–water partition coefficient (Wildman–Crippen LogP) is 2.76. The molecule has 0 bridgehead atoms. The molecule has 0 saturated carbocycles. The average Bonchev–Trinajstić information content (AvgIpc) is 3.16. The molecule has 4 rings (SSSR count). The van der Waals surface area contributed by atoms with E-state index in [0.29, 0.717) is 23.7 Å². The molecule has 0 aliphatic carbocycles. The van der Waals surface area contributed by atoms with Crippen molar-refractivity contribution in [3.63, 3.8) is 0 Å². The Balaban J connectivity index is 1.74. The average molecular weight is 374 g/mol. The topological polar surface area (TPSA) is 78.3 Å². The number of hydrogen-bond acceptors (Lipinski definition) is 5. The minimum absolute atomic E-state index is 0.0743. The van der Waals surface area contributed by atoms with Crippen molar-refractivity contribution < 1.29 is 14.3 Å². The molecule has 0 saturated heterocycles. The largest absolute Gasteiger partial charge is 0.493 e. The third kappa shape index (κ3) is 3.16. The molecule has 1 aliphatic rings. The Labute approximate surface area is 162 Å². The summed E-state index contributed by atoms with van der Waals surface area (Å²) in [6, 6.07) is 9.32. The third-order valence-corrected chi connectivity index (χ3v) is 4.60. The van der Waals surface area contributed by atoms with Crippen molar-refractivity contribution in [1.29, 1.82) is 0 Å². The number of terminal acetylenes is 1. The van der Waals surface area contributed by atoms with Gasteiger partial charge in [-0.2, -0.15) is 0 Å². The predicted molar refractivity (Wildman–Crippen MR) is 104 cm³/mol. The first-order chi connectivity index (χ1) is 13.7. The molecule has 28 heavy (non-hydrogen) atoms. The van der Waals surface area contributed by atoms with Crippen molar-refractivity contribution in [3.05, 3.63) is 60.3 Å². The molecule has 0 radical (unpaired) electrons. The third-order valence-electron chi connectivity index (χ3n) is 4.60. The number of amides is 1. The lowest BCUT2D eigenvalue weighted by molar-refractivity contribution is -0.116. The summed E-state index contributed by atoms with van der Waals surface area (Å²) >= 11 is 0. The second-order valence-electron chi connectivity index (χ2n) is 6.27. The summed E-state index contributed by atoms with van der Waals surface area (Å²) in [5.74, 6) is 3.94. The highest BCUT2D eigenvalue weighted by Gasteiger charge is 2.31. The Morgan fingerprint density at radius 3 is 3.00 bits per heavy atom. The van der Waals surface area contributed by atoms with Crippen molar-refractivity contribution in [1.82, 2.24) is 14.5 Å². The molecule has 1 unspecified atom stereocenters. The van der Waals surface area contributed by atoms with Gasteiger partial charge in [-0.15, -0.1) is 6.42 Å². The van der Waals surface area contributed by atoms with Crippen LogP contribution in [0.25, 0.3) is 5.69 Å². The Morgan fingerprint density at radius 1 is 1.36 bits per heavy atom. The number of methoxy groups -OCH3 is 1. The van der Waals surface area contributed by atoms with Crippen LogP contribution in [0.4, 0.5) is 5.82 Å². The van der Waals surface area contributed by atoms with E-state index in [0.717, 1.165) is 16.9 Å². The van der Waals surface area contributed by atoms with E-state index in [-0.39, 0.29) is 18.4 Å². The Kier molecular flexibility index (Phi) is 4.68. The van der Waals surface area contributed by atoms with Crippen LogP contribution in [0, 0.1) is 12.3 Å². The summed E-state index contributed by atoms with van der Waals surface area (Å²) in [6.07, 6.45) is 10.7. The van der Waals surface area contributed by atoms with Gasteiger partial charge in [0.15, 0.2) is 11.5 Å². The number of hydrogen-bond donors (Lipinski definition) is 1. The number of carbonyl (C=O) groups is 1. The van der Waals surface area contributed by atoms with Crippen LogP contribution in [0.3, 0.4) is 0 Å². The van der Waals surface area contributed by atoms with E-state index in [4.69, 9.17) is 15.9 Å². The second kappa shape index (κ2) is 7.45. The summed E-state index contributed by atoms with van der Waals surface area (Å²) in [5, 5.41) is 2.93. The van der Waals surface area contributed by atoms with Gasteiger partial charge in [0, 0.05) is 18.5 Å². The molecule has 1 N–H and O–H groups in total. The highest BCUT2D eigenvalue weighted by molar-refractivity contribution is 5.94. The number of pyridine rings is 1. The summed E-state index contributed by atoms with van der Waals surface area (Å²) < 4.78 is 12.8. The van der Waals surface area contributed by atoms with Gasteiger partial charge < -0.3 is 14.8 Å². The van der Waals surface area contributed by atoms with Gasteiger partial charge in [0.25, 0.3) is 0 Å². The van der Waals surface area contributed by atoms with E-state index < -0.39 is 0 Å². The number of ether oxygens (including phenoxy) is 2. The van der Waals surface area contributed by atoms with Gasteiger partial charge in [0.05, 0.1) is 24.7 Å². The van der Waals surface area contributed by atoms with Crippen molar-refractivity contribution in [2.75, 3.05) is 19.0 Å². The lowest BCUT2D eigenvalue weighted by atomic mass is 9.89. The summed E-state index contributed by atoms with van der Waals surface area (Å²) in [7, 11) is 1.57. The molecule has 0 fully saturated rings. The molecular weight excluding hydrogens is 356 g/mol. The molecule has 140 valence electrons. The normalized spacial score (nSPS) is 15.3. The highest BCUT2D eigenvalue weighted by Crippen LogP contribution is 2.40. The maximum absolute atomic E-state index is 12.4. The number of imidazole rings is 1. The smallest absolute Gasteiger partial charge is 0.226 e. The Morgan fingerprint density at radius 2 is 2.25 bits per heavy atom. The zero-order valence-electron chi connectivity index (χ0n) is 15.3. The van der Waals surface area contributed by atoms with Crippen LogP contribution in [0.5, 0.6) is 11.5 Å². The van der Waals surface area contributed by atoms with E-state index >= 15 is 0 Å². The second-order valence-corrected chi connectivity index (χ2v) is 6.27. The molecule has 1 amide bonds. The van der Waals surface area contributed by atoms with E-state index in [1.165, 1.54) is 0 Å². The van der Waals surface area contributed by atoms with Crippen molar-refractivity contribution in [3.8, 4) is 29.5 Å². The van der Waals surface area contributed by atoms with Crippen LogP contribution in [0.1, 0.15) is 23.6 Å². The monoisotopic (exact) mass is 374 g/mol. The van der Waals surface area contributed by atoms with Crippen LogP contribution >= 0.6 is 0 Å². The first-order valence-corrected chi connectivity index (χ1v) is 8.73. The molecule has 0 spiro atoms. The van der Waals surface area contributed by atoms with Crippen LogP contribution in [-0.2, 0) is 4.79 Å². The van der Waals surface area contributed by atoms with Crippen molar-refractivity contribution >= 4 is 11.7 Å². The number of anilines is 1. The van der Waals surface area contributed by atoms with Gasteiger partial charge in [-0.05, 0) is 29.8 Å². The number of carbonyl (C=O) groups excluding carboxylic acids is 1. The van der Waals surface area contributed by atoms with E-state index in [1.807, 2.05) is 28.8 Å². The fourth-order valence-electron chi connectivity index (χ4n) is 3.31. The number of rotatable bonds is 5. The van der Waals surface area contributed by atoms with E-state index in [1.54, 1.807) is 31.9 Å². The maximum Gasteiger partial charge on any atom is 0.226 e. The fraction of sp³-hybridized carbons (Fsp3) is 0.190. The molecule has 7 heteroatoms. The number of nitrogens with zero attached hydrogens (tertiary/aromatic N) is 3. The Hall–Kier alpha value is -3.79. The zero-order chi connectivity index (χ0) is 19.5. The molecule has 3 aromatic rings. The minimum Gasteiger partial charge on any atom is -0.493 e. The SMILES string of the molecule is C#CCOc1ccc(C2CC(=O)Nc3c2ncn3-c2cccnc2)cc1OC. The molecule has 1 aromatic carbocycles. The quantitative estimate of drug-likeness (QED) is 0.695. The minimum atomic E-state index is -0.197. The highest BCUT2D eigenvalue weighted by atomic mass is 16.5. The van der Waals surface area contributed by atoms with Crippen molar-refractivity contribution in [2.24, 2.45) is 0 Å². The van der Waals surface area contributed by atoms with Gasteiger partial charge >= 0.3 is 0 Å². The number of aromatic nitrogens is 3. The summed E-state index contributed by atoms with van der Waals surface area (Å²) in [6.45, 7) is 0.154. The standard InChI is InChI=1S/C21H18N4O3/c1-3-9-28-17-7-6-14(10-18(17)27-2)16-11-19(26)24-21-20(16)23-13-25(21)15-5-4-8-22-12-15/h1,4-8,10,12-13,16H,9,11H2,2H3,(H,24,26). The molecule has 1 aliphatic heterocycles. The van der Waals surface area contributed by atoms with Crippen LogP contribution in [0.15, 0.2) is 49.1 Å².